The van der Waals surface area contributed by atoms with Gasteiger partial charge >= 0.3 is 0 Å². The summed E-state index contributed by atoms with van der Waals surface area (Å²) in [5.74, 6) is 1.63. The van der Waals surface area contributed by atoms with Gasteiger partial charge in [-0.1, -0.05) is 19.8 Å². The van der Waals surface area contributed by atoms with Crippen molar-refractivity contribution in [3.8, 4) is 11.5 Å². The molecule has 1 aromatic rings. The van der Waals surface area contributed by atoms with Gasteiger partial charge in [0.05, 0.1) is 7.11 Å². The second-order valence-corrected chi connectivity index (χ2v) is 7.40. The van der Waals surface area contributed by atoms with E-state index in [2.05, 4.69) is 11.8 Å². The van der Waals surface area contributed by atoms with Crippen LogP contribution in [0.25, 0.3) is 0 Å². The Hall–Kier alpha value is -2.24. The smallest absolute Gasteiger partial charge is 0.255 e. The zero-order valence-electron chi connectivity index (χ0n) is 15.6. The number of ether oxygens (including phenoxy) is 2. The van der Waals surface area contributed by atoms with Gasteiger partial charge in [0.1, 0.15) is 0 Å². The first kappa shape index (κ1) is 18.5. The molecule has 0 unspecified atom stereocenters. The molecule has 2 fully saturated rings. The summed E-state index contributed by atoms with van der Waals surface area (Å²) >= 11 is 0. The molecule has 1 aromatic carbocycles. The molecule has 1 saturated carbocycles. The van der Waals surface area contributed by atoms with E-state index in [0.717, 1.165) is 19.4 Å². The number of carbonyl (C=O) groups is 2. The van der Waals surface area contributed by atoms with E-state index in [9.17, 15) is 9.59 Å². The summed E-state index contributed by atoms with van der Waals surface area (Å²) in [7, 11) is 1.51. The third-order valence-corrected chi connectivity index (χ3v) is 5.78. The molecule has 1 heterocycles. The number of amides is 2. The highest BCUT2D eigenvalue weighted by Gasteiger charge is 2.39. The number of piperidine rings is 1. The fraction of sp³-hybridized carbons (Fsp3) is 0.600. The summed E-state index contributed by atoms with van der Waals surface area (Å²) < 4.78 is 10.7. The van der Waals surface area contributed by atoms with Crippen LogP contribution in [0.5, 0.6) is 11.5 Å². The number of rotatable bonds is 5. The first-order valence-corrected chi connectivity index (χ1v) is 9.41. The third kappa shape index (κ3) is 3.79. The molecule has 26 heavy (non-hydrogen) atoms. The second-order valence-electron chi connectivity index (χ2n) is 7.40. The van der Waals surface area contributed by atoms with Crippen molar-refractivity contribution in [2.75, 3.05) is 20.3 Å². The van der Waals surface area contributed by atoms with Crippen molar-refractivity contribution in [1.82, 2.24) is 4.90 Å². The highest BCUT2D eigenvalue weighted by molar-refractivity contribution is 5.95. The zero-order valence-corrected chi connectivity index (χ0v) is 15.6. The van der Waals surface area contributed by atoms with Gasteiger partial charge in [0.15, 0.2) is 18.1 Å². The molecule has 6 nitrogen and oxygen atoms in total. The van der Waals surface area contributed by atoms with Gasteiger partial charge in [-0.2, -0.15) is 0 Å². The molecule has 2 aliphatic rings. The van der Waals surface area contributed by atoms with Gasteiger partial charge in [0.25, 0.3) is 11.8 Å². The molecule has 3 rings (SSSR count). The number of nitrogens with zero attached hydrogens (tertiary/aromatic N) is 1. The van der Waals surface area contributed by atoms with E-state index in [1.807, 2.05) is 0 Å². The van der Waals surface area contributed by atoms with E-state index in [1.165, 1.54) is 26.4 Å². The molecule has 0 aromatic heterocycles. The lowest BCUT2D eigenvalue weighted by molar-refractivity contribution is -0.119. The van der Waals surface area contributed by atoms with Gasteiger partial charge in [-0.3, -0.25) is 9.59 Å². The molecule has 3 atom stereocenters. The Morgan fingerprint density at radius 2 is 1.96 bits per heavy atom. The van der Waals surface area contributed by atoms with E-state index in [1.54, 1.807) is 18.2 Å². The van der Waals surface area contributed by atoms with Crippen LogP contribution >= 0.6 is 0 Å². The van der Waals surface area contributed by atoms with Crippen molar-refractivity contribution in [3.05, 3.63) is 23.8 Å². The molecule has 6 heteroatoms. The fourth-order valence-corrected chi connectivity index (χ4v) is 4.40. The van der Waals surface area contributed by atoms with Crippen LogP contribution in [0.15, 0.2) is 18.2 Å². The topological polar surface area (TPSA) is 81.9 Å². The number of nitrogens with two attached hydrogens (primary N) is 1. The van der Waals surface area contributed by atoms with Crippen LogP contribution in [0.3, 0.4) is 0 Å². The van der Waals surface area contributed by atoms with Crippen LogP contribution in [0, 0.1) is 11.8 Å². The van der Waals surface area contributed by atoms with E-state index < -0.39 is 5.91 Å². The number of benzene rings is 1. The predicted molar refractivity (Wildman–Crippen MR) is 98.2 cm³/mol. The van der Waals surface area contributed by atoms with Gasteiger partial charge in [-0.15, -0.1) is 0 Å². The minimum Gasteiger partial charge on any atom is -0.493 e. The Labute approximate surface area is 154 Å². The van der Waals surface area contributed by atoms with Crippen LogP contribution in [0.1, 0.15) is 49.4 Å². The molecule has 0 bridgehead atoms. The van der Waals surface area contributed by atoms with E-state index in [-0.39, 0.29) is 12.5 Å². The Balaban J connectivity index is 1.79. The summed E-state index contributed by atoms with van der Waals surface area (Å²) in [5, 5.41) is 0. The summed E-state index contributed by atoms with van der Waals surface area (Å²) in [6, 6.07) is 5.43. The Bertz CT molecular complexity index is 676. The second kappa shape index (κ2) is 7.98. The monoisotopic (exact) mass is 360 g/mol. The van der Waals surface area contributed by atoms with E-state index in [0.29, 0.717) is 34.9 Å². The Morgan fingerprint density at radius 3 is 2.69 bits per heavy atom. The largest absolute Gasteiger partial charge is 0.493 e. The van der Waals surface area contributed by atoms with Crippen molar-refractivity contribution in [2.45, 2.75) is 45.1 Å². The summed E-state index contributed by atoms with van der Waals surface area (Å²) in [5.41, 5.74) is 5.71. The average Bonchev–Trinajstić information content (AvgIpc) is 2.66. The molecule has 0 radical (unpaired) electrons. The first-order valence-electron chi connectivity index (χ1n) is 9.41. The van der Waals surface area contributed by atoms with Gasteiger partial charge in [-0.05, 0) is 49.3 Å². The fourth-order valence-electron chi connectivity index (χ4n) is 4.40. The highest BCUT2D eigenvalue weighted by Crippen LogP contribution is 2.39. The standard InChI is InChI=1S/C20H28N2O4/c1-13-9-10-22(16-6-4-3-5-15(13)16)20(24)14-7-8-17(18(11-14)25-2)26-12-19(21)23/h7-8,11,13,15-16H,3-6,9-10,12H2,1-2H3,(H2,21,23)/t13-,15+,16-/m0/s1. The maximum absolute atomic E-state index is 13.2. The van der Waals surface area contributed by atoms with Crippen LogP contribution in [-0.4, -0.2) is 43.0 Å². The maximum atomic E-state index is 13.2. The molecule has 1 saturated heterocycles. The molecule has 1 aliphatic heterocycles. The van der Waals surface area contributed by atoms with Crippen molar-refractivity contribution in [1.29, 1.82) is 0 Å². The lowest BCUT2D eigenvalue weighted by atomic mass is 9.72. The summed E-state index contributed by atoms with van der Waals surface area (Å²) in [4.78, 5) is 26.1. The van der Waals surface area contributed by atoms with Gasteiger partial charge in [0.2, 0.25) is 0 Å². The van der Waals surface area contributed by atoms with Crippen LogP contribution in [0.4, 0.5) is 0 Å². The van der Waals surface area contributed by atoms with Crippen molar-refractivity contribution >= 4 is 11.8 Å². The van der Waals surface area contributed by atoms with Crippen LogP contribution in [0.2, 0.25) is 0 Å². The summed E-state index contributed by atoms with van der Waals surface area (Å²) in [6.07, 6.45) is 5.84. The Kier molecular flexibility index (Phi) is 5.69. The SMILES string of the molecule is COc1cc(C(=O)N2CC[C@H](C)[C@H]3CCCC[C@@H]32)ccc1OCC(N)=O. The first-order chi connectivity index (χ1) is 12.5. The van der Waals surface area contributed by atoms with Crippen molar-refractivity contribution in [3.63, 3.8) is 0 Å². The number of primary amides is 1. The number of likely N-dealkylation sites (tertiary alicyclic amines) is 1. The van der Waals surface area contributed by atoms with Gasteiger partial charge in [-0.25, -0.2) is 0 Å². The molecule has 2 N–H and O–H groups in total. The highest BCUT2D eigenvalue weighted by atomic mass is 16.5. The number of methoxy groups -OCH3 is 1. The Morgan fingerprint density at radius 1 is 1.19 bits per heavy atom. The predicted octanol–water partition coefficient (Wildman–Crippen LogP) is 2.60. The molecule has 2 amide bonds. The van der Waals surface area contributed by atoms with Gasteiger partial charge < -0.3 is 20.1 Å². The lowest BCUT2D eigenvalue weighted by Gasteiger charge is -2.47. The van der Waals surface area contributed by atoms with E-state index in [4.69, 9.17) is 15.2 Å². The van der Waals surface area contributed by atoms with Gasteiger partial charge in [0, 0.05) is 18.2 Å². The summed E-state index contributed by atoms with van der Waals surface area (Å²) in [6.45, 7) is 2.90. The number of hydrogen-bond donors (Lipinski definition) is 1. The average molecular weight is 360 g/mol. The molecule has 142 valence electrons. The molecule has 1 aliphatic carbocycles. The molecule has 0 spiro atoms. The van der Waals surface area contributed by atoms with Crippen molar-refractivity contribution < 1.29 is 19.1 Å². The molecular weight excluding hydrogens is 332 g/mol. The number of carbonyl (C=O) groups excluding carboxylic acids is 2. The number of fused-ring (bicyclic) bond motifs is 1. The quantitative estimate of drug-likeness (QED) is 0.875. The minimum atomic E-state index is -0.557. The molecular formula is C20H28N2O4. The third-order valence-electron chi connectivity index (χ3n) is 5.78. The van der Waals surface area contributed by atoms with E-state index >= 15 is 0 Å². The lowest BCUT2D eigenvalue weighted by Crippen LogP contribution is -2.52. The maximum Gasteiger partial charge on any atom is 0.255 e. The van der Waals surface area contributed by atoms with Crippen LogP contribution < -0.4 is 15.2 Å². The van der Waals surface area contributed by atoms with Crippen LogP contribution in [-0.2, 0) is 4.79 Å². The zero-order chi connectivity index (χ0) is 18.7. The normalized spacial score (nSPS) is 25.3. The number of hydrogen-bond acceptors (Lipinski definition) is 4. The van der Waals surface area contributed by atoms with Crippen molar-refractivity contribution in [2.24, 2.45) is 17.6 Å². The minimum absolute atomic E-state index is 0.0496.